The highest BCUT2D eigenvalue weighted by atomic mass is 35.5. The van der Waals surface area contributed by atoms with Gasteiger partial charge in [0.2, 0.25) is 0 Å². The molecule has 7 heteroatoms. The predicted octanol–water partition coefficient (Wildman–Crippen LogP) is 3.17. The van der Waals surface area contributed by atoms with Gasteiger partial charge < -0.3 is 9.31 Å². The molecule has 5 nitrogen and oxygen atoms in total. The van der Waals surface area contributed by atoms with Crippen LogP contribution in [0.15, 0.2) is 5.11 Å². The Hall–Kier alpha value is -0.415. The number of nitrogens with zero attached hydrogens (tertiary/aromatic N) is 3. The minimum absolute atomic E-state index is 0.126. The molecule has 0 N–H and O–H groups in total. The molecule has 0 amide bonds. The zero-order valence-electron chi connectivity index (χ0n) is 11.5. The maximum atomic E-state index is 8.35. The highest BCUT2D eigenvalue weighted by molar-refractivity contribution is 6.60. The molecule has 5 atom stereocenters. The van der Waals surface area contributed by atoms with Gasteiger partial charge >= 0.3 is 7.12 Å². The fourth-order valence-electron chi connectivity index (χ4n) is 4.25. The molecule has 1 heterocycles. The first kappa shape index (κ1) is 13.6. The van der Waals surface area contributed by atoms with Crippen molar-refractivity contribution in [3.8, 4) is 0 Å². The average Bonchev–Trinajstić information content (AvgIpc) is 2.72. The fraction of sp³-hybridized carbons (Fsp3) is 1.00. The lowest BCUT2D eigenvalue weighted by molar-refractivity contribution is -0.199. The summed E-state index contributed by atoms with van der Waals surface area (Å²) in [7, 11) is -0.461. The Morgan fingerprint density at radius 3 is 2.84 bits per heavy atom. The van der Waals surface area contributed by atoms with Crippen LogP contribution in [0.2, 0.25) is 0 Å². The molecule has 0 aromatic carbocycles. The predicted molar refractivity (Wildman–Crippen MR) is 73.8 cm³/mol. The van der Waals surface area contributed by atoms with E-state index >= 15 is 0 Å². The normalized spacial score (nSPS) is 44.0. The van der Waals surface area contributed by atoms with Crippen LogP contribution in [0.4, 0.5) is 0 Å². The highest BCUT2D eigenvalue weighted by Crippen LogP contribution is 2.65. The summed E-state index contributed by atoms with van der Waals surface area (Å²) in [5.41, 5.74) is 8.44. The summed E-state index contributed by atoms with van der Waals surface area (Å²) < 4.78 is 12.1. The molecular weight excluding hydrogens is 264 g/mol. The van der Waals surface area contributed by atoms with Crippen LogP contribution in [0.3, 0.4) is 0 Å². The molecule has 0 spiro atoms. The van der Waals surface area contributed by atoms with E-state index in [1.54, 1.807) is 0 Å². The second-order valence-corrected chi connectivity index (χ2v) is 7.33. The third-order valence-corrected chi connectivity index (χ3v) is 5.93. The number of hydrogen-bond acceptors (Lipinski definition) is 3. The SMILES string of the molecule is CC1(C)C2CC1[C@]1(C)OB([C@H](Cl)CN=[N+]=[N-])O[C@@H]1C2. The molecule has 0 aromatic rings. The lowest BCUT2D eigenvalue weighted by Gasteiger charge is -2.64. The van der Waals surface area contributed by atoms with E-state index in [0.29, 0.717) is 11.3 Å². The molecule has 4 rings (SSSR count). The molecule has 3 aliphatic carbocycles. The Labute approximate surface area is 118 Å². The van der Waals surface area contributed by atoms with Crippen LogP contribution in [0.25, 0.3) is 10.4 Å². The van der Waals surface area contributed by atoms with Crippen molar-refractivity contribution in [2.45, 2.75) is 50.6 Å². The Kier molecular flexibility index (Phi) is 3.06. The van der Waals surface area contributed by atoms with Crippen LogP contribution in [-0.2, 0) is 9.31 Å². The minimum Gasteiger partial charge on any atom is -0.404 e. The first-order chi connectivity index (χ1) is 8.89. The van der Waals surface area contributed by atoms with Crippen molar-refractivity contribution in [2.24, 2.45) is 22.4 Å². The Bertz CT molecular complexity index is 443. The molecule has 4 aliphatic rings. The van der Waals surface area contributed by atoms with Gasteiger partial charge in [-0.25, -0.2) is 0 Å². The molecule has 19 heavy (non-hydrogen) atoms. The second kappa shape index (κ2) is 4.29. The summed E-state index contributed by atoms with van der Waals surface area (Å²) in [5, 5.41) is 3.09. The number of rotatable bonds is 3. The van der Waals surface area contributed by atoms with E-state index in [1.807, 2.05) is 0 Å². The van der Waals surface area contributed by atoms with Gasteiger partial charge in [0.25, 0.3) is 0 Å². The minimum atomic E-state index is -0.461. The molecule has 1 aliphatic heterocycles. The zero-order chi connectivity index (χ0) is 13.8. The van der Waals surface area contributed by atoms with Gasteiger partial charge in [-0.3, -0.25) is 0 Å². The number of alkyl halides is 1. The smallest absolute Gasteiger partial charge is 0.404 e. The van der Waals surface area contributed by atoms with Crippen LogP contribution in [-0.4, -0.2) is 30.6 Å². The average molecular weight is 284 g/mol. The third-order valence-electron chi connectivity index (χ3n) is 5.58. The lowest BCUT2D eigenvalue weighted by atomic mass is 9.43. The van der Waals surface area contributed by atoms with Gasteiger partial charge in [-0.2, -0.15) is 0 Å². The Morgan fingerprint density at radius 2 is 2.21 bits per heavy atom. The molecule has 2 unspecified atom stereocenters. The third kappa shape index (κ3) is 1.81. The zero-order valence-corrected chi connectivity index (χ0v) is 12.3. The van der Waals surface area contributed by atoms with Gasteiger partial charge in [-0.15, -0.1) is 11.6 Å². The van der Waals surface area contributed by atoms with Crippen molar-refractivity contribution < 1.29 is 9.31 Å². The standard InChI is InChI=1S/C12H19BClN3O2/c1-11(2)7-4-8(11)12(3)9(5-7)18-13(19-12)10(14)6-16-17-15/h7-10H,4-6H2,1-3H3/t7?,8?,9-,10-,12+/m1/s1. The first-order valence-corrected chi connectivity index (χ1v) is 7.31. The van der Waals surface area contributed by atoms with Crippen molar-refractivity contribution in [2.75, 3.05) is 6.54 Å². The van der Waals surface area contributed by atoms with Gasteiger partial charge in [-0.05, 0) is 42.5 Å². The van der Waals surface area contributed by atoms with Gasteiger partial charge in [-0.1, -0.05) is 19.0 Å². The van der Waals surface area contributed by atoms with E-state index in [2.05, 4.69) is 30.8 Å². The second-order valence-electron chi connectivity index (χ2n) is 6.77. The van der Waals surface area contributed by atoms with Gasteiger partial charge in [0, 0.05) is 11.5 Å². The summed E-state index contributed by atoms with van der Waals surface area (Å²) in [6, 6.07) is 0. The molecule has 3 saturated carbocycles. The molecule has 2 bridgehead atoms. The van der Waals surface area contributed by atoms with E-state index in [-0.39, 0.29) is 18.2 Å². The molecule has 0 radical (unpaired) electrons. The van der Waals surface area contributed by atoms with Crippen LogP contribution in [0.5, 0.6) is 0 Å². The van der Waals surface area contributed by atoms with E-state index < -0.39 is 12.4 Å². The molecule has 1 saturated heterocycles. The maximum absolute atomic E-state index is 8.35. The van der Waals surface area contributed by atoms with Crippen molar-refractivity contribution >= 4 is 18.7 Å². The highest BCUT2D eigenvalue weighted by Gasteiger charge is 2.68. The molecule has 104 valence electrons. The summed E-state index contributed by atoms with van der Waals surface area (Å²) in [5.74, 6) is 1.25. The van der Waals surface area contributed by atoms with Gasteiger partial charge in [0.1, 0.15) is 0 Å². The van der Waals surface area contributed by atoms with E-state index in [1.165, 1.54) is 6.42 Å². The summed E-state index contributed by atoms with van der Waals surface area (Å²) in [6.07, 6.45) is 2.39. The quantitative estimate of drug-likeness (QED) is 0.262. The molecular formula is C12H19BClN3O2. The van der Waals surface area contributed by atoms with Crippen LogP contribution in [0, 0.1) is 17.3 Å². The topological polar surface area (TPSA) is 67.2 Å². The Balaban J connectivity index is 1.75. The van der Waals surface area contributed by atoms with Crippen LogP contribution >= 0.6 is 11.6 Å². The van der Waals surface area contributed by atoms with Crippen molar-refractivity contribution in [1.82, 2.24) is 0 Å². The Morgan fingerprint density at radius 1 is 1.47 bits per heavy atom. The lowest BCUT2D eigenvalue weighted by Crippen LogP contribution is -2.65. The fourth-order valence-corrected chi connectivity index (χ4v) is 4.43. The van der Waals surface area contributed by atoms with Crippen LogP contribution in [0.1, 0.15) is 33.6 Å². The summed E-state index contributed by atoms with van der Waals surface area (Å²) in [4.78, 5) is 2.73. The molecule has 4 fully saturated rings. The van der Waals surface area contributed by atoms with Gasteiger partial charge in [0.15, 0.2) is 0 Å². The summed E-state index contributed by atoms with van der Waals surface area (Å²) in [6.45, 7) is 6.99. The first-order valence-electron chi connectivity index (χ1n) is 6.87. The summed E-state index contributed by atoms with van der Waals surface area (Å²) >= 11 is 6.21. The molecule has 0 aromatic heterocycles. The largest absolute Gasteiger partial charge is 0.476 e. The number of azide groups is 1. The number of halogens is 1. The van der Waals surface area contributed by atoms with Crippen LogP contribution < -0.4 is 0 Å². The van der Waals surface area contributed by atoms with Crippen molar-refractivity contribution in [3.05, 3.63) is 10.4 Å². The van der Waals surface area contributed by atoms with Crippen molar-refractivity contribution in [3.63, 3.8) is 0 Å². The number of hydrogen-bond donors (Lipinski definition) is 0. The van der Waals surface area contributed by atoms with Gasteiger partial charge in [0.05, 0.1) is 17.0 Å². The van der Waals surface area contributed by atoms with E-state index in [0.717, 1.165) is 12.3 Å². The van der Waals surface area contributed by atoms with Crippen molar-refractivity contribution in [1.29, 1.82) is 0 Å². The maximum Gasteiger partial charge on any atom is 0.476 e. The van der Waals surface area contributed by atoms with E-state index in [9.17, 15) is 0 Å². The monoisotopic (exact) mass is 283 g/mol. The van der Waals surface area contributed by atoms with E-state index in [4.69, 9.17) is 26.4 Å².